The Bertz CT molecular complexity index is 802. The van der Waals surface area contributed by atoms with Gasteiger partial charge in [0.15, 0.2) is 6.29 Å². The van der Waals surface area contributed by atoms with Crippen LogP contribution in [0.15, 0.2) is 59.1 Å². The van der Waals surface area contributed by atoms with Crippen molar-refractivity contribution < 1.29 is 9.53 Å². The molecule has 0 aliphatic heterocycles. The lowest BCUT2D eigenvalue weighted by Crippen LogP contribution is -2.01. The van der Waals surface area contributed by atoms with E-state index in [1.54, 1.807) is 12.1 Å². The number of fused-ring (bicyclic) bond motifs is 1. The van der Waals surface area contributed by atoms with Crippen molar-refractivity contribution in [2.45, 2.75) is 6.61 Å². The second-order valence-corrected chi connectivity index (χ2v) is 5.41. The van der Waals surface area contributed by atoms with Gasteiger partial charge in [0, 0.05) is 5.39 Å². The molecule has 0 unspecified atom stereocenters. The van der Waals surface area contributed by atoms with Gasteiger partial charge in [-0.15, -0.1) is 0 Å². The highest BCUT2D eigenvalue weighted by molar-refractivity contribution is 9.10. The van der Waals surface area contributed by atoms with Gasteiger partial charge in [-0.3, -0.25) is 4.79 Å². The van der Waals surface area contributed by atoms with E-state index in [-0.39, 0.29) is 0 Å². The first-order valence-corrected chi connectivity index (χ1v) is 7.28. The maximum atomic E-state index is 11.0. The number of aldehydes is 1. The largest absolute Gasteiger partial charge is 0.485 e. The highest BCUT2D eigenvalue weighted by Gasteiger charge is 2.08. The lowest BCUT2D eigenvalue weighted by atomic mass is 10.2. The number of carbonyl (C=O) groups excluding carboxylic acids is 1. The molecule has 0 aliphatic rings. The van der Waals surface area contributed by atoms with Gasteiger partial charge in [0.1, 0.15) is 12.4 Å². The molecule has 0 radical (unpaired) electrons. The fourth-order valence-corrected chi connectivity index (χ4v) is 2.60. The summed E-state index contributed by atoms with van der Waals surface area (Å²) >= 11 is 3.40. The lowest BCUT2D eigenvalue weighted by molar-refractivity contribution is 0.111. The zero-order valence-corrected chi connectivity index (χ0v) is 12.7. The number of rotatable bonds is 4. The first kappa shape index (κ1) is 13.8. The molecule has 3 nitrogen and oxygen atoms in total. The van der Waals surface area contributed by atoms with E-state index in [2.05, 4.69) is 20.9 Å². The first-order valence-electron chi connectivity index (χ1n) is 6.49. The summed E-state index contributed by atoms with van der Waals surface area (Å²) in [6, 6.07) is 17.2. The van der Waals surface area contributed by atoms with Crippen LogP contribution in [0.4, 0.5) is 0 Å². The van der Waals surface area contributed by atoms with Gasteiger partial charge in [-0.25, -0.2) is 4.98 Å². The molecule has 0 aliphatic carbocycles. The van der Waals surface area contributed by atoms with E-state index < -0.39 is 0 Å². The number of hydrogen-bond donors (Lipinski definition) is 0. The number of halogens is 1. The number of pyridine rings is 1. The van der Waals surface area contributed by atoms with Crippen molar-refractivity contribution in [2.24, 2.45) is 0 Å². The number of hydrogen-bond acceptors (Lipinski definition) is 3. The maximum Gasteiger partial charge on any atom is 0.153 e. The fraction of sp³-hybridized carbons (Fsp3) is 0.0588. The van der Waals surface area contributed by atoms with Crippen LogP contribution in [-0.2, 0) is 6.61 Å². The van der Waals surface area contributed by atoms with E-state index >= 15 is 0 Å². The molecule has 3 aromatic rings. The SMILES string of the molecule is O=Cc1cccc(Br)c1OCc1ccc2ccccc2n1. The van der Waals surface area contributed by atoms with Crippen molar-refractivity contribution in [3.63, 3.8) is 0 Å². The molecule has 0 atom stereocenters. The Labute approximate surface area is 130 Å². The van der Waals surface area contributed by atoms with Gasteiger partial charge in [0.05, 0.1) is 21.2 Å². The van der Waals surface area contributed by atoms with Crippen LogP contribution in [0.3, 0.4) is 0 Å². The molecule has 0 saturated carbocycles. The molecular formula is C17H12BrNO2. The normalized spacial score (nSPS) is 10.5. The van der Waals surface area contributed by atoms with Crippen molar-refractivity contribution in [3.05, 3.63) is 70.3 Å². The Morgan fingerprint density at radius 3 is 2.76 bits per heavy atom. The van der Waals surface area contributed by atoms with Crippen molar-refractivity contribution in [2.75, 3.05) is 0 Å². The monoisotopic (exact) mass is 341 g/mol. The molecule has 1 heterocycles. The van der Waals surface area contributed by atoms with Crippen molar-refractivity contribution >= 4 is 33.1 Å². The number of aromatic nitrogens is 1. The molecule has 104 valence electrons. The Morgan fingerprint density at radius 1 is 1.05 bits per heavy atom. The molecule has 0 amide bonds. The second-order valence-electron chi connectivity index (χ2n) is 4.56. The van der Waals surface area contributed by atoms with Crippen molar-refractivity contribution in [3.8, 4) is 5.75 Å². The van der Waals surface area contributed by atoms with E-state index in [1.807, 2.05) is 42.5 Å². The minimum atomic E-state index is 0.314. The molecule has 0 spiro atoms. The predicted molar refractivity (Wildman–Crippen MR) is 85.6 cm³/mol. The van der Waals surface area contributed by atoms with Crippen LogP contribution >= 0.6 is 15.9 Å². The van der Waals surface area contributed by atoms with Crippen molar-refractivity contribution in [1.29, 1.82) is 0 Å². The maximum absolute atomic E-state index is 11.0. The summed E-state index contributed by atoms with van der Waals surface area (Å²) in [5.74, 6) is 0.544. The zero-order chi connectivity index (χ0) is 14.7. The van der Waals surface area contributed by atoms with Crippen LogP contribution < -0.4 is 4.74 Å². The van der Waals surface area contributed by atoms with Crippen LogP contribution in [0, 0.1) is 0 Å². The molecule has 4 heteroatoms. The van der Waals surface area contributed by atoms with Crippen LogP contribution in [0.2, 0.25) is 0 Å². The number of carbonyl (C=O) groups is 1. The lowest BCUT2D eigenvalue weighted by Gasteiger charge is -2.10. The summed E-state index contributed by atoms with van der Waals surface area (Å²) in [5.41, 5.74) is 2.27. The molecule has 0 fully saturated rings. The topological polar surface area (TPSA) is 39.2 Å². The van der Waals surface area contributed by atoms with Gasteiger partial charge < -0.3 is 4.74 Å². The third-order valence-electron chi connectivity index (χ3n) is 3.14. The Kier molecular flexibility index (Phi) is 3.97. The van der Waals surface area contributed by atoms with Gasteiger partial charge in [0.25, 0.3) is 0 Å². The van der Waals surface area contributed by atoms with Crippen LogP contribution in [0.1, 0.15) is 16.1 Å². The highest BCUT2D eigenvalue weighted by atomic mass is 79.9. The minimum absolute atomic E-state index is 0.314. The average Bonchev–Trinajstić information content (AvgIpc) is 2.53. The van der Waals surface area contributed by atoms with Gasteiger partial charge in [0.2, 0.25) is 0 Å². The summed E-state index contributed by atoms with van der Waals surface area (Å²) in [5, 5.41) is 1.09. The molecule has 0 saturated heterocycles. The average molecular weight is 342 g/mol. The summed E-state index contributed by atoms with van der Waals surface area (Å²) in [6.45, 7) is 0.314. The Balaban J connectivity index is 1.85. The summed E-state index contributed by atoms with van der Waals surface area (Å²) < 4.78 is 6.51. The number of para-hydroxylation sites is 2. The van der Waals surface area contributed by atoms with E-state index in [0.29, 0.717) is 17.9 Å². The number of nitrogens with zero attached hydrogens (tertiary/aromatic N) is 1. The molecule has 0 N–H and O–H groups in total. The van der Waals surface area contributed by atoms with Crippen LogP contribution in [0.5, 0.6) is 5.75 Å². The number of ether oxygens (including phenoxy) is 1. The number of benzene rings is 2. The van der Waals surface area contributed by atoms with Crippen LogP contribution in [-0.4, -0.2) is 11.3 Å². The summed E-state index contributed by atoms with van der Waals surface area (Å²) in [4.78, 5) is 15.6. The zero-order valence-electron chi connectivity index (χ0n) is 11.1. The molecule has 3 rings (SSSR count). The van der Waals surface area contributed by atoms with Crippen molar-refractivity contribution in [1.82, 2.24) is 4.98 Å². The molecule has 1 aromatic heterocycles. The molecular weight excluding hydrogens is 330 g/mol. The van der Waals surface area contributed by atoms with Gasteiger partial charge in [-0.2, -0.15) is 0 Å². The molecule has 0 bridgehead atoms. The first-order chi connectivity index (χ1) is 10.3. The minimum Gasteiger partial charge on any atom is -0.485 e. The summed E-state index contributed by atoms with van der Waals surface area (Å²) in [7, 11) is 0. The highest BCUT2D eigenvalue weighted by Crippen LogP contribution is 2.28. The molecule has 2 aromatic carbocycles. The standard InChI is InChI=1S/C17H12BrNO2/c18-15-6-3-5-13(10-20)17(15)21-11-14-9-8-12-4-1-2-7-16(12)19-14/h1-10H,11H2. The molecule has 21 heavy (non-hydrogen) atoms. The Morgan fingerprint density at radius 2 is 1.90 bits per heavy atom. The van der Waals surface area contributed by atoms with Gasteiger partial charge in [-0.05, 0) is 40.2 Å². The van der Waals surface area contributed by atoms with E-state index in [0.717, 1.165) is 27.4 Å². The van der Waals surface area contributed by atoms with Gasteiger partial charge >= 0.3 is 0 Å². The van der Waals surface area contributed by atoms with E-state index in [1.165, 1.54) is 0 Å². The predicted octanol–water partition coefficient (Wildman–Crippen LogP) is 4.39. The van der Waals surface area contributed by atoms with Crippen LogP contribution in [0.25, 0.3) is 10.9 Å². The Hall–Kier alpha value is -2.20. The fourth-order valence-electron chi connectivity index (χ4n) is 2.11. The third kappa shape index (κ3) is 2.95. The van der Waals surface area contributed by atoms with E-state index in [4.69, 9.17) is 4.74 Å². The second kappa shape index (κ2) is 6.06. The van der Waals surface area contributed by atoms with Gasteiger partial charge in [-0.1, -0.05) is 30.3 Å². The summed E-state index contributed by atoms with van der Waals surface area (Å²) in [6.07, 6.45) is 0.786. The smallest absolute Gasteiger partial charge is 0.153 e. The quantitative estimate of drug-likeness (QED) is 0.660. The third-order valence-corrected chi connectivity index (χ3v) is 3.77. The van der Waals surface area contributed by atoms with E-state index in [9.17, 15) is 4.79 Å².